The summed E-state index contributed by atoms with van der Waals surface area (Å²) >= 11 is 7.22. The van der Waals surface area contributed by atoms with Crippen LogP contribution in [0.15, 0.2) is 53.7 Å². The number of thioether (sulfide) groups is 1. The predicted octanol–water partition coefficient (Wildman–Crippen LogP) is 4.17. The van der Waals surface area contributed by atoms with Crippen LogP contribution in [0.4, 0.5) is 11.4 Å². The number of para-hydroxylation sites is 1. The summed E-state index contributed by atoms with van der Waals surface area (Å²) in [5.74, 6) is 1.04. The molecule has 0 fully saturated rings. The molecule has 30 heavy (non-hydrogen) atoms. The molecule has 0 bridgehead atoms. The summed E-state index contributed by atoms with van der Waals surface area (Å²) in [5.41, 5.74) is 0.0292. The number of amides is 1. The summed E-state index contributed by atoms with van der Waals surface area (Å²) in [6.45, 7) is 2.81. The number of non-ortho nitro benzene ring substituents is 1. The number of halogens is 1. The van der Waals surface area contributed by atoms with Gasteiger partial charge in [-0.1, -0.05) is 41.6 Å². The third kappa shape index (κ3) is 5.49. The topological polar surface area (TPSA) is 112 Å². The average molecular weight is 448 g/mol. The molecule has 2 aromatic carbocycles. The Hall–Kier alpha value is -3.11. The van der Waals surface area contributed by atoms with Gasteiger partial charge in [-0.2, -0.15) is 0 Å². The van der Waals surface area contributed by atoms with Crippen LogP contribution in [0.2, 0.25) is 5.02 Å². The number of nitrogens with zero attached hydrogens (tertiary/aromatic N) is 4. The molecule has 3 rings (SSSR count). The number of nitrogens with one attached hydrogen (secondary N) is 1. The molecule has 0 atom stereocenters. The van der Waals surface area contributed by atoms with Crippen LogP contribution < -0.4 is 10.1 Å². The van der Waals surface area contributed by atoms with E-state index < -0.39 is 4.92 Å². The number of carbonyl (C=O) groups excluding carboxylic acids is 1. The van der Waals surface area contributed by atoms with Crippen molar-refractivity contribution >= 4 is 40.6 Å². The number of nitro benzene ring substituents is 1. The summed E-state index contributed by atoms with van der Waals surface area (Å²) in [6.07, 6.45) is 0. The number of benzene rings is 2. The third-order valence-corrected chi connectivity index (χ3v) is 5.28. The number of hydrogen-bond acceptors (Lipinski definition) is 7. The molecule has 0 unspecified atom stereocenters. The first-order valence-electron chi connectivity index (χ1n) is 8.94. The van der Waals surface area contributed by atoms with Gasteiger partial charge < -0.3 is 14.6 Å². The van der Waals surface area contributed by atoms with E-state index in [2.05, 4.69) is 15.5 Å². The molecule has 156 valence electrons. The van der Waals surface area contributed by atoms with Gasteiger partial charge in [-0.05, 0) is 25.1 Å². The standard InChI is InChI=1S/C19H18ClN5O4S/c1-2-24-17(11-29-14-6-4-3-5-7-14)22-23-19(24)30-12-18(26)21-16-10-13(25(27)28)8-9-15(16)20/h3-10H,2,11-12H2,1H3,(H,21,26). The lowest BCUT2D eigenvalue weighted by molar-refractivity contribution is -0.384. The molecule has 3 aromatic rings. The van der Waals surface area contributed by atoms with Crippen molar-refractivity contribution in [2.75, 3.05) is 11.1 Å². The van der Waals surface area contributed by atoms with Gasteiger partial charge in [0.15, 0.2) is 11.0 Å². The van der Waals surface area contributed by atoms with Gasteiger partial charge in [0.05, 0.1) is 21.4 Å². The van der Waals surface area contributed by atoms with E-state index in [1.54, 1.807) is 0 Å². The van der Waals surface area contributed by atoms with Crippen molar-refractivity contribution in [3.05, 3.63) is 69.5 Å². The Morgan fingerprint density at radius 1 is 1.27 bits per heavy atom. The van der Waals surface area contributed by atoms with Crippen LogP contribution in [0.25, 0.3) is 0 Å². The molecule has 1 heterocycles. The Morgan fingerprint density at radius 2 is 2.03 bits per heavy atom. The predicted molar refractivity (Wildman–Crippen MR) is 114 cm³/mol. The van der Waals surface area contributed by atoms with Crippen molar-refractivity contribution < 1.29 is 14.5 Å². The maximum atomic E-state index is 12.3. The van der Waals surface area contributed by atoms with E-state index in [1.807, 2.05) is 41.8 Å². The molecular weight excluding hydrogens is 430 g/mol. The molecule has 11 heteroatoms. The van der Waals surface area contributed by atoms with E-state index in [4.69, 9.17) is 16.3 Å². The molecule has 0 aliphatic rings. The highest BCUT2D eigenvalue weighted by molar-refractivity contribution is 7.99. The largest absolute Gasteiger partial charge is 0.486 e. The molecule has 0 spiro atoms. The Labute approximate surface area is 181 Å². The summed E-state index contributed by atoms with van der Waals surface area (Å²) < 4.78 is 7.58. The van der Waals surface area contributed by atoms with Crippen LogP contribution in [0.3, 0.4) is 0 Å². The van der Waals surface area contributed by atoms with E-state index in [0.717, 1.165) is 5.75 Å². The summed E-state index contributed by atoms with van der Waals surface area (Å²) in [6, 6.07) is 13.2. The minimum atomic E-state index is -0.552. The van der Waals surface area contributed by atoms with Crippen LogP contribution in [-0.2, 0) is 17.9 Å². The van der Waals surface area contributed by atoms with Gasteiger partial charge in [0, 0.05) is 18.7 Å². The normalized spacial score (nSPS) is 10.6. The van der Waals surface area contributed by atoms with Crippen molar-refractivity contribution in [3.63, 3.8) is 0 Å². The van der Waals surface area contributed by atoms with E-state index in [0.29, 0.717) is 17.5 Å². The molecule has 0 aliphatic heterocycles. The maximum absolute atomic E-state index is 12.3. The number of rotatable bonds is 9. The average Bonchev–Trinajstić information content (AvgIpc) is 3.14. The van der Waals surface area contributed by atoms with Crippen LogP contribution in [-0.4, -0.2) is 31.3 Å². The van der Waals surface area contributed by atoms with Crippen molar-refractivity contribution in [1.82, 2.24) is 14.8 Å². The van der Waals surface area contributed by atoms with Crippen LogP contribution in [0.1, 0.15) is 12.7 Å². The minimum absolute atomic E-state index is 0.0384. The quantitative estimate of drug-likeness (QED) is 0.297. The van der Waals surface area contributed by atoms with Gasteiger partial charge in [0.1, 0.15) is 12.4 Å². The Balaban J connectivity index is 1.60. The van der Waals surface area contributed by atoms with Crippen LogP contribution in [0, 0.1) is 10.1 Å². The number of nitro groups is 1. The molecule has 0 saturated carbocycles. The van der Waals surface area contributed by atoms with Gasteiger partial charge in [-0.15, -0.1) is 10.2 Å². The minimum Gasteiger partial charge on any atom is -0.486 e. The zero-order chi connectivity index (χ0) is 21.5. The number of aromatic nitrogens is 3. The summed E-state index contributed by atoms with van der Waals surface area (Å²) in [5, 5.41) is 22.6. The Kier molecular flexibility index (Phi) is 7.26. The van der Waals surface area contributed by atoms with Crippen molar-refractivity contribution in [3.8, 4) is 5.75 Å². The first kappa shape index (κ1) is 21.6. The summed E-state index contributed by atoms with van der Waals surface area (Å²) in [7, 11) is 0. The first-order valence-corrected chi connectivity index (χ1v) is 10.3. The zero-order valence-electron chi connectivity index (χ0n) is 15.9. The zero-order valence-corrected chi connectivity index (χ0v) is 17.5. The number of carbonyl (C=O) groups is 1. The second kappa shape index (κ2) is 10.1. The van der Waals surface area contributed by atoms with E-state index in [-0.39, 0.29) is 34.7 Å². The van der Waals surface area contributed by atoms with E-state index in [1.165, 1.54) is 30.0 Å². The van der Waals surface area contributed by atoms with Crippen molar-refractivity contribution in [2.45, 2.75) is 25.2 Å². The lowest BCUT2D eigenvalue weighted by Gasteiger charge is -2.09. The van der Waals surface area contributed by atoms with Crippen LogP contribution >= 0.6 is 23.4 Å². The Morgan fingerprint density at radius 3 is 2.73 bits per heavy atom. The number of anilines is 1. The molecule has 0 radical (unpaired) electrons. The monoisotopic (exact) mass is 447 g/mol. The summed E-state index contributed by atoms with van der Waals surface area (Å²) in [4.78, 5) is 22.6. The number of ether oxygens (including phenoxy) is 1. The van der Waals surface area contributed by atoms with Crippen LogP contribution in [0.5, 0.6) is 5.75 Å². The fourth-order valence-corrected chi connectivity index (χ4v) is 3.54. The lowest BCUT2D eigenvalue weighted by atomic mass is 10.3. The third-order valence-electron chi connectivity index (χ3n) is 3.99. The smallest absolute Gasteiger partial charge is 0.271 e. The molecule has 0 saturated heterocycles. The second-order valence-electron chi connectivity index (χ2n) is 6.00. The lowest BCUT2D eigenvalue weighted by Crippen LogP contribution is -2.15. The fourth-order valence-electron chi connectivity index (χ4n) is 2.55. The first-order chi connectivity index (χ1) is 14.5. The second-order valence-corrected chi connectivity index (χ2v) is 7.35. The van der Waals surface area contributed by atoms with Gasteiger partial charge >= 0.3 is 0 Å². The molecule has 9 nitrogen and oxygen atoms in total. The fraction of sp³-hybridized carbons (Fsp3) is 0.211. The van der Waals surface area contributed by atoms with Gasteiger partial charge in [-0.3, -0.25) is 14.9 Å². The van der Waals surface area contributed by atoms with Crippen molar-refractivity contribution in [2.24, 2.45) is 0 Å². The van der Waals surface area contributed by atoms with E-state index >= 15 is 0 Å². The van der Waals surface area contributed by atoms with Gasteiger partial charge in [0.2, 0.25) is 5.91 Å². The molecule has 0 aliphatic carbocycles. The highest BCUT2D eigenvalue weighted by atomic mass is 35.5. The molecule has 1 aromatic heterocycles. The Bertz CT molecular complexity index is 1040. The maximum Gasteiger partial charge on any atom is 0.271 e. The molecule has 1 N–H and O–H groups in total. The SMILES string of the molecule is CCn1c(COc2ccccc2)nnc1SCC(=O)Nc1cc([N+](=O)[O-])ccc1Cl. The van der Waals surface area contributed by atoms with Crippen molar-refractivity contribution in [1.29, 1.82) is 0 Å². The number of hydrogen-bond donors (Lipinski definition) is 1. The highest BCUT2D eigenvalue weighted by Crippen LogP contribution is 2.27. The van der Waals surface area contributed by atoms with E-state index in [9.17, 15) is 14.9 Å². The highest BCUT2D eigenvalue weighted by Gasteiger charge is 2.16. The van der Waals surface area contributed by atoms with Gasteiger partial charge in [0.25, 0.3) is 5.69 Å². The molecular formula is C19H18ClN5O4S. The van der Waals surface area contributed by atoms with Gasteiger partial charge in [-0.25, -0.2) is 0 Å². The molecule has 1 amide bonds.